The predicted octanol–water partition coefficient (Wildman–Crippen LogP) is 0.952. The van der Waals surface area contributed by atoms with E-state index < -0.39 is 0 Å². The van der Waals surface area contributed by atoms with Crippen molar-refractivity contribution in [2.24, 2.45) is 12.8 Å². The Balaban J connectivity index is 2.17. The molecule has 0 aliphatic rings. The van der Waals surface area contributed by atoms with Crippen LogP contribution in [0.4, 0.5) is 0 Å². The van der Waals surface area contributed by atoms with Gasteiger partial charge in [-0.25, -0.2) is 0 Å². The Hall–Kier alpha value is -1.86. The molecule has 0 spiro atoms. The molecule has 1 heterocycles. The molecule has 0 fully saturated rings. The Morgan fingerprint density at radius 1 is 1.40 bits per heavy atom. The van der Waals surface area contributed by atoms with E-state index in [4.69, 9.17) is 26.8 Å². The number of tetrazole rings is 1. The SMILES string of the molecule is COc1cc(CCN)cc(Cl)c1OCc1nnn(C)n1. The lowest BCUT2D eigenvalue weighted by molar-refractivity contribution is 0.276. The number of aromatic nitrogens is 4. The van der Waals surface area contributed by atoms with Gasteiger partial charge in [0.15, 0.2) is 18.1 Å². The number of methoxy groups -OCH3 is 1. The van der Waals surface area contributed by atoms with Gasteiger partial charge >= 0.3 is 0 Å². The van der Waals surface area contributed by atoms with Crippen LogP contribution in [0, 0.1) is 0 Å². The van der Waals surface area contributed by atoms with Gasteiger partial charge in [-0.1, -0.05) is 11.6 Å². The molecule has 0 saturated carbocycles. The largest absolute Gasteiger partial charge is 0.493 e. The summed E-state index contributed by atoms with van der Waals surface area (Å²) in [6.07, 6.45) is 0.724. The molecule has 0 saturated heterocycles. The minimum atomic E-state index is 0.167. The highest BCUT2D eigenvalue weighted by atomic mass is 35.5. The number of nitrogens with two attached hydrogens (primary N) is 1. The van der Waals surface area contributed by atoms with Gasteiger partial charge in [0.05, 0.1) is 19.2 Å². The average molecular weight is 298 g/mol. The van der Waals surface area contributed by atoms with Crippen LogP contribution in [0.2, 0.25) is 5.02 Å². The molecule has 0 amide bonds. The molecule has 0 bridgehead atoms. The molecule has 0 aliphatic heterocycles. The summed E-state index contributed by atoms with van der Waals surface area (Å²) in [4.78, 5) is 1.36. The fourth-order valence-electron chi connectivity index (χ4n) is 1.74. The summed E-state index contributed by atoms with van der Waals surface area (Å²) in [6, 6.07) is 3.68. The van der Waals surface area contributed by atoms with Gasteiger partial charge in [0.1, 0.15) is 0 Å². The lowest BCUT2D eigenvalue weighted by Gasteiger charge is -2.13. The van der Waals surface area contributed by atoms with Gasteiger partial charge in [-0.15, -0.1) is 10.2 Å². The molecule has 0 radical (unpaired) electrons. The first-order valence-corrected chi connectivity index (χ1v) is 6.44. The number of benzene rings is 1. The van der Waals surface area contributed by atoms with Crippen LogP contribution in [0.5, 0.6) is 11.5 Å². The van der Waals surface area contributed by atoms with Crippen molar-refractivity contribution in [1.29, 1.82) is 0 Å². The van der Waals surface area contributed by atoms with Gasteiger partial charge < -0.3 is 15.2 Å². The maximum absolute atomic E-state index is 6.21. The second-order valence-electron chi connectivity index (χ2n) is 4.13. The summed E-state index contributed by atoms with van der Waals surface area (Å²) >= 11 is 6.21. The van der Waals surface area contributed by atoms with Crippen LogP contribution in [0.1, 0.15) is 11.4 Å². The Labute approximate surface area is 121 Å². The van der Waals surface area contributed by atoms with Crippen LogP contribution in [-0.2, 0) is 20.1 Å². The number of halogens is 1. The van der Waals surface area contributed by atoms with E-state index in [0.717, 1.165) is 12.0 Å². The molecule has 8 heteroatoms. The van der Waals surface area contributed by atoms with E-state index in [1.54, 1.807) is 14.2 Å². The molecule has 2 N–H and O–H groups in total. The number of rotatable bonds is 6. The summed E-state index contributed by atoms with van der Waals surface area (Å²) in [5.74, 6) is 1.49. The van der Waals surface area contributed by atoms with Crippen molar-refractivity contribution in [3.05, 3.63) is 28.5 Å². The zero-order valence-electron chi connectivity index (χ0n) is 11.3. The van der Waals surface area contributed by atoms with Crippen LogP contribution < -0.4 is 15.2 Å². The van der Waals surface area contributed by atoms with Crippen molar-refractivity contribution in [1.82, 2.24) is 20.2 Å². The average Bonchev–Trinajstić information content (AvgIpc) is 2.83. The van der Waals surface area contributed by atoms with Gasteiger partial charge in [0, 0.05) is 0 Å². The third kappa shape index (κ3) is 3.37. The van der Waals surface area contributed by atoms with Gasteiger partial charge in [-0.3, -0.25) is 0 Å². The number of nitrogens with zero attached hydrogens (tertiary/aromatic N) is 4. The lowest BCUT2D eigenvalue weighted by atomic mass is 10.1. The van der Waals surface area contributed by atoms with Crippen molar-refractivity contribution in [2.75, 3.05) is 13.7 Å². The molecular weight excluding hydrogens is 282 g/mol. The molecular formula is C12H16ClN5O2. The maximum atomic E-state index is 6.21. The van der Waals surface area contributed by atoms with E-state index in [2.05, 4.69) is 15.4 Å². The highest BCUT2D eigenvalue weighted by Gasteiger charge is 2.13. The van der Waals surface area contributed by atoms with E-state index in [9.17, 15) is 0 Å². The molecule has 20 heavy (non-hydrogen) atoms. The van der Waals surface area contributed by atoms with Gasteiger partial charge in [0.2, 0.25) is 5.82 Å². The minimum Gasteiger partial charge on any atom is -0.493 e. The third-order valence-corrected chi connectivity index (χ3v) is 2.90. The molecule has 1 aromatic heterocycles. The third-order valence-electron chi connectivity index (χ3n) is 2.62. The van der Waals surface area contributed by atoms with E-state index in [0.29, 0.717) is 28.9 Å². The summed E-state index contributed by atoms with van der Waals surface area (Å²) in [5.41, 5.74) is 6.54. The predicted molar refractivity (Wildman–Crippen MR) is 73.9 cm³/mol. The normalized spacial score (nSPS) is 10.6. The fraction of sp³-hybridized carbons (Fsp3) is 0.417. The van der Waals surface area contributed by atoms with Gasteiger partial charge in [0.25, 0.3) is 0 Å². The van der Waals surface area contributed by atoms with E-state index >= 15 is 0 Å². The first-order chi connectivity index (χ1) is 9.63. The van der Waals surface area contributed by atoms with E-state index in [1.807, 2.05) is 12.1 Å². The topological polar surface area (TPSA) is 88.1 Å². The highest BCUT2D eigenvalue weighted by molar-refractivity contribution is 6.32. The smallest absolute Gasteiger partial charge is 0.212 e. The summed E-state index contributed by atoms with van der Waals surface area (Å²) < 4.78 is 10.9. The minimum absolute atomic E-state index is 0.167. The quantitative estimate of drug-likeness (QED) is 0.854. The molecule has 2 rings (SSSR count). The van der Waals surface area contributed by atoms with Crippen molar-refractivity contribution in [3.8, 4) is 11.5 Å². The van der Waals surface area contributed by atoms with Crippen LogP contribution >= 0.6 is 11.6 Å². The van der Waals surface area contributed by atoms with Gasteiger partial charge in [-0.2, -0.15) is 4.80 Å². The number of hydrogen-bond acceptors (Lipinski definition) is 6. The molecule has 1 aromatic carbocycles. The molecule has 0 aliphatic carbocycles. The second kappa shape index (κ2) is 6.53. The number of hydrogen-bond donors (Lipinski definition) is 1. The van der Waals surface area contributed by atoms with Crippen molar-refractivity contribution < 1.29 is 9.47 Å². The van der Waals surface area contributed by atoms with E-state index in [1.165, 1.54) is 4.80 Å². The Morgan fingerprint density at radius 2 is 2.20 bits per heavy atom. The van der Waals surface area contributed by atoms with Crippen molar-refractivity contribution in [3.63, 3.8) is 0 Å². The van der Waals surface area contributed by atoms with Crippen LogP contribution in [0.3, 0.4) is 0 Å². The monoisotopic (exact) mass is 297 g/mol. The number of ether oxygens (including phenoxy) is 2. The highest BCUT2D eigenvalue weighted by Crippen LogP contribution is 2.36. The zero-order valence-corrected chi connectivity index (χ0v) is 12.1. The van der Waals surface area contributed by atoms with Crippen LogP contribution in [0.15, 0.2) is 12.1 Å². The van der Waals surface area contributed by atoms with Crippen LogP contribution in [0.25, 0.3) is 0 Å². The molecule has 108 valence electrons. The lowest BCUT2D eigenvalue weighted by Crippen LogP contribution is -2.05. The molecule has 0 atom stereocenters. The molecule has 7 nitrogen and oxygen atoms in total. The number of aryl methyl sites for hydroxylation is 1. The zero-order chi connectivity index (χ0) is 14.5. The first kappa shape index (κ1) is 14.5. The van der Waals surface area contributed by atoms with Crippen LogP contribution in [-0.4, -0.2) is 33.9 Å². The van der Waals surface area contributed by atoms with E-state index in [-0.39, 0.29) is 6.61 Å². The van der Waals surface area contributed by atoms with Gasteiger partial charge in [-0.05, 0) is 35.9 Å². The van der Waals surface area contributed by atoms with Crippen molar-refractivity contribution >= 4 is 11.6 Å². The fourth-order valence-corrected chi connectivity index (χ4v) is 2.03. The first-order valence-electron chi connectivity index (χ1n) is 6.06. The second-order valence-corrected chi connectivity index (χ2v) is 4.54. The summed E-state index contributed by atoms with van der Waals surface area (Å²) in [6.45, 7) is 0.712. The standard InChI is InChI=1S/C12H16ClN5O2/c1-18-16-11(15-17-18)7-20-12-9(13)5-8(3-4-14)6-10(12)19-2/h5-6H,3-4,7,14H2,1-2H3. The summed E-state index contributed by atoms with van der Waals surface area (Å²) in [5, 5.41) is 12.1. The molecule has 0 unspecified atom stereocenters. The van der Waals surface area contributed by atoms with Crippen molar-refractivity contribution in [2.45, 2.75) is 13.0 Å². The Morgan fingerprint density at radius 3 is 2.80 bits per heavy atom. The maximum Gasteiger partial charge on any atom is 0.212 e. The molecule has 2 aromatic rings. The Kier molecular flexibility index (Phi) is 4.75. The summed E-state index contributed by atoms with van der Waals surface area (Å²) in [7, 11) is 3.25. The Bertz CT molecular complexity index is 587.